The quantitative estimate of drug-likeness (QED) is 0.849. The van der Waals surface area contributed by atoms with Crippen LogP contribution >= 0.6 is 23.2 Å². The van der Waals surface area contributed by atoms with Gasteiger partial charge >= 0.3 is 0 Å². The van der Waals surface area contributed by atoms with Crippen LogP contribution in [0.15, 0.2) is 24.4 Å². The Kier molecular flexibility index (Phi) is 3.36. The number of rotatable bonds is 2. The number of hydrogen-bond donors (Lipinski definition) is 1. The van der Waals surface area contributed by atoms with Gasteiger partial charge in [-0.3, -0.25) is 0 Å². The number of anilines is 1. The van der Waals surface area contributed by atoms with Crippen molar-refractivity contribution in [2.75, 3.05) is 5.73 Å². The Morgan fingerprint density at radius 1 is 1.18 bits per heavy atom. The first kappa shape index (κ1) is 12.0. The lowest BCUT2D eigenvalue weighted by Gasteiger charge is -2.08. The first-order valence-electron chi connectivity index (χ1n) is 4.78. The molecule has 0 atom stereocenters. The number of nitrogens with zero attached hydrogens (tertiary/aromatic N) is 2. The Balaban J connectivity index is 2.33. The summed E-state index contributed by atoms with van der Waals surface area (Å²) >= 11 is 11.7. The Morgan fingerprint density at radius 2 is 1.88 bits per heavy atom. The molecule has 0 fully saturated rings. The van der Waals surface area contributed by atoms with E-state index in [2.05, 4.69) is 10.2 Å². The van der Waals surface area contributed by atoms with Gasteiger partial charge < -0.3 is 10.5 Å². The predicted molar refractivity (Wildman–Crippen MR) is 67.7 cm³/mol. The maximum atomic E-state index is 5.88. The fourth-order valence-corrected chi connectivity index (χ4v) is 1.56. The molecule has 0 unspecified atom stereocenters. The normalized spacial score (nSPS) is 10.3. The van der Waals surface area contributed by atoms with E-state index in [1.807, 2.05) is 6.92 Å². The molecule has 0 amide bonds. The molecule has 0 saturated carbocycles. The molecule has 0 aliphatic rings. The van der Waals surface area contributed by atoms with Gasteiger partial charge in [-0.2, -0.15) is 5.10 Å². The van der Waals surface area contributed by atoms with Gasteiger partial charge in [0.25, 0.3) is 0 Å². The minimum atomic E-state index is 0.357. The molecule has 88 valence electrons. The van der Waals surface area contributed by atoms with Gasteiger partial charge in [-0.15, -0.1) is 5.10 Å². The number of aryl methyl sites for hydroxylation is 1. The molecular weight excluding hydrogens is 261 g/mol. The van der Waals surface area contributed by atoms with Gasteiger partial charge in [0.1, 0.15) is 0 Å². The molecule has 0 spiro atoms. The summed E-state index contributed by atoms with van der Waals surface area (Å²) in [5.74, 6) is 0.759. The zero-order chi connectivity index (χ0) is 12.4. The Labute approximate surface area is 108 Å². The van der Waals surface area contributed by atoms with E-state index in [0.29, 0.717) is 27.4 Å². The Morgan fingerprint density at radius 3 is 2.59 bits per heavy atom. The molecule has 6 heteroatoms. The number of aromatic nitrogens is 2. The van der Waals surface area contributed by atoms with Crippen molar-refractivity contribution in [1.29, 1.82) is 0 Å². The predicted octanol–water partition coefficient (Wildman–Crippen LogP) is 3.47. The topological polar surface area (TPSA) is 61.0 Å². The second kappa shape index (κ2) is 4.77. The van der Waals surface area contributed by atoms with Gasteiger partial charge in [-0.1, -0.05) is 23.2 Å². The van der Waals surface area contributed by atoms with E-state index in [4.69, 9.17) is 33.7 Å². The first-order valence-corrected chi connectivity index (χ1v) is 5.53. The summed E-state index contributed by atoms with van der Waals surface area (Å²) in [6.45, 7) is 1.89. The van der Waals surface area contributed by atoms with Crippen molar-refractivity contribution in [2.45, 2.75) is 6.92 Å². The molecule has 0 bridgehead atoms. The van der Waals surface area contributed by atoms with Crippen molar-refractivity contribution in [3.05, 3.63) is 40.0 Å². The van der Waals surface area contributed by atoms with E-state index >= 15 is 0 Å². The third-order valence-electron chi connectivity index (χ3n) is 2.04. The summed E-state index contributed by atoms with van der Waals surface area (Å²) in [6.07, 6.45) is 1.63. The molecule has 1 heterocycles. The smallest absolute Gasteiger partial charge is 0.239 e. The average molecular weight is 270 g/mol. The van der Waals surface area contributed by atoms with E-state index in [-0.39, 0.29) is 0 Å². The number of nitrogen functional groups attached to an aromatic ring is 1. The van der Waals surface area contributed by atoms with Gasteiger partial charge in [0, 0.05) is 12.1 Å². The minimum Gasteiger partial charge on any atom is -0.435 e. The molecule has 0 radical (unpaired) electrons. The van der Waals surface area contributed by atoms with E-state index in [1.165, 1.54) is 6.07 Å². The van der Waals surface area contributed by atoms with Crippen molar-refractivity contribution in [2.24, 2.45) is 0 Å². The zero-order valence-corrected chi connectivity index (χ0v) is 10.5. The lowest BCUT2D eigenvalue weighted by atomic mass is 10.3. The molecule has 1 aromatic carbocycles. The van der Waals surface area contributed by atoms with Crippen molar-refractivity contribution in [3.8, 4) is 11.6 Å². The number of ether oxygens (including phenoxy) is 1. The van der Waals surface area contributed by atoms with Crippen molar-refractivity contribution >= 4 is 28.9 Å². The fraction of sp³-hybridized carbons (Fsp3) is 0.0909. The van der Waals surface area contributed by atoms with Crippen LogP contribution < -0.4 is 10.5 Å². The van der Waals surface area contributed by atoms with Crippen LogP contribution in [0.1, 0.15) is 5.56 Å². The maximum Gasteiger partial charge on any atom is 0.239 e. The van der Waals surface area contributed by atoms with E-state index in [0.717, 1.165) is 5.56 Å². The third kappa shape index (κ3) is 2.78. The average Bonchev–Trinajstić information content (AvgIpc) is 2.26. The van der Waals surface area contributed by atoms with Crippen LogP contribution in [0.3, 0.4) is 0 Å². The summed E-state index contributed by atoms with van der Waals surface area (Å²) in [5, 5.41) is 8.35. The second-order valence-corrected chi connectivity index (χ2v) is 4.29. The highest BCUT2D eigenvalue weighted by Crippen LogP contribution is 2.34. The summed E-state index contributed by atoms with van der Waals surface area (Å²) < 4.78 is 5.48. The van der Waals surface area contributed by atoms with Crippen molar-refractivity contribution < 1.29 is 4.74 Å². The second-order valence-electron chi connectivity index (χ2n) is 3.48. The number of benzene rings is 1. The SMILES string of the molecule is Cc1cnnc(Oc2cc(Cl)c(Cl)cc2N)c1. The highest BCUT2D eigenvalue weighted by atomic mass is 35.5. The largest absolute Gasteiger partial charge is 0.435 e. The standard InChI is InChI=1S/C11H9Cl2N3O/c1-6-2-11(16-15-5-6)17-10-4-8(13)7(12)3-9(10)14/h2-5H,14H2,1H3. The van der Waals surface area contributed by atoms with Gasteiger partial charge in [-0.25, -0.2) is 0 Å². The molecule has 1 aromatic heterocycles. The lowest BCUT2D eigenvalue weighted by molar-refractivity contribution is 0.457. The number of halogens is 2. The fourth-order valence-electron chi connectivity index (χ4n) is 1.23. The monoisotopic (exact) mass is 269 g/mol. The molecule has 2 aromatic rings. The third-order valence-corrected chi connectivity index (χ3v) is 2.76. The van der Waals surface area contributed by atoms with Gasteiger partial charge in [-0.05, 0) is 18.6 Å². The highest BCUT2D eigenvalue weighted by molar-refractivity contribution is 6.42. The Bertz CT molecular complexity index is 560. The molecule has 0 saturated heterocycles. The summed E-state index contributed by atoms with van der Waals surface area (Å²) in [6, 6.07) is 4.82. The molecule has 2 N–H and O–H groups in total. The number of hydrogen-bond acceptors (Lipinski definition) is 4. The maximum absolute atomic E-state index is 5.88. The molecule has 17 heavy (non-hydrogen) atoms. The number of nitrogens with two attached hydrogens (primary N) is 1. The van der Waals surface area contributed by atoms with Crippen LogP contribution in [0.5, 0.6) is 11.6 Å². The molecular formula is C11H9Cl2N3O. The van der Waals surface area contributed by atoms with Crippen LogP contribution in [0.4, 0.5) is 5.69 Å². The summed E-state index contributed by atoms with van der Waals surface area (Å²) in [7, 11) is 0. The molecule has 2 rings (SSSR count). The van der Waals surface area contributed by atoms with Crippen LogP contribution in [-0.2, 0) is 0 Å². The van der Waals surface area contributed by atoms with Crippen LogP contribution in [-0.4, -0.2) is 10.2 Å². The van der Waals surface area contributed by atoms with E-state index in [9.17, 15) is 0 Å². The van der Waals surface area contributed by atoms with E-state index < -0.39 is 0 Å². The summed E-state index contributed by atoms with van der Waals surface area (Å²) in [4.78, 5) is 0. The highest BCUT2D eigenvalue weighted by Gasteiger charge is 2.08. The summed E-state index contributed by atoms with van der Waals surface area (Å²) in [5.41, 5.74) is 7.09. The van der Waals surface area contributed by atoms with E-state index in [1.54, 1.807) is 18.3 Å². The molecule has 4 nitrogen and oxygen atoms in total. The Hall–Kier alpha value is -1.52. The van der Waals surface area contributed by atoms with Crippen LogP contribution in [0.25, 0.3) is 0 Å². The lowest BCUT2D eigenvalue weighted by Crippen LogP contribution is -1.95. The van der Waals surface area contributed by atoms with Gasteiger partial charge in [0.2, 0.25) is 5.88 Å². The van der Waals surface area contributed by atoms with Crippen LogP contribution in [0.2, 0.25) is 10.0 Å². The molecule has 0 aliphatic heterocycles. The van der Waals surface area contributed by atoms with Crippen molar-refractivity contribution in [3.63, 3.8) is 0 Å². The van der Waals surface area contributed by atoms with Crippen LogP contribution in [0, 0.1) is 6.92 Å². The van der Waals surface area contributed by atoms with Gasteiger partial charge in [0.05, 0.1) is 21.9 Å². The zero-order valence-electron chi connectivity index (χ0n) is 8.95. The molecule has 0 aliphatic carbocycles. The minimum absolute atomic E-state index is 0.357. The van der Waals surface area contributed by atoms with Crippen molar-refractivity contribution in [1.82, 2.24) is 10.2 Å². The van der Waals surface area contributed by atoms with Gasteiger partial charge in [0.15, 0.2) is 5.75 Å². The first-order chi connectivity index (χ1) is 8.06.